The first-order chi connectivity index (χ1) is 18.2. The number of hydrazone groups is 1. The van der Waals surface area contributed by atoms with Crippen LogP contribution < -0.4 is 14.9 Å². The molecular weight excluding hydrogens is 627 g/mol. The van der Waals surface area contributed by atoms with Crippen molar-refractivity contribution in [2.45, 2.75) is 13.5 Å². The lowest BCUT2D eigenvalue weighted by atomic mass is 10.2. The van der Waals surface area contributed by atoms with Gasteiger partial charge >= 0.3 is 0 Å². The van der Waals surface area contributed by atoms with Gasteiger partial charge in [-0.05, 0) is 64.9 Å². The number of rotatable bonds is 10. The van der Waals surface area contributed by atoms with Crippen molar-refractivity contribution < 1.29 is 24.1 Å². The smallest absolute Gasteiger partial charge is 0.281 e. The molecule has 38 heavy (non-hydrogen) atoms. The van der Waals surface area contributed by atoms with Crippen molar-refractivity contribution >= 4 is 67.5 Å². The van der Waals surface area contributed by atoms with Gasteiger partial charge in [0, 0.05) is 34.4 Å². The van der Waals surface area contributed by atoms with Crippen molar-refractivity contribution in [2.24, 2.45) is 5.10 Å². The summed E-state index contributed by atoms with van der Waals surface area (Å²) in [6.45, 7) is 2.32. The number of hydrogen-bond donors (Lipinski definition) is 1. The Balaban J connectivity index is 1.46. The SMILES string of the molecule is CCOc1cc(/C=N\NC(=O)c2cc3cc([N+](=O)[O-])ccc3s2)cc(I)c1OCc1cccc([N+](=O)[O-])c1. The molecule has 13 heteroatoms. The molecule has 1 amide bonds. The zero-order chi connectivity index (χ0) is 27.2. The lowest BCUT2D eigenvalue weighted by Gasteiger charge is -2.14. The minimum Gasteiger partial charge on any atom is -0.490 e. The highest BCUT2D eigenvalue weighted by atomic mass is 127. The number of hydrogen-bond acceptors (Lipinski definition) is 9. The van der Waals surface area contributed by atoms with Crippen molar-refractivity contribution in [2.75, 3.05) is 6.61 Å². The number of non-ortho nitro benzene ring substituents is 2. The van der Waals surface area contributed by atoms with E-state index in [0.29, 0.717) is 39.5 Å². The van der Waals surface area contributed by atoms with Gasteiger partial charge in [-0.3, -0.25) is 25.0 Å². The van der Waals surface area contributed by atoms with E-state index in [1.54, 1.807) is 36.4 Å². The molecule has 0 unspecified atom stereocenters. The van der Waals surface area contributed by atoms with Crippen LogP contribution in [0.15, 0.2) is 65.8 Å². The number of nitro benzene ring substituents is 2. The molecule has 4 aromatic rings. The van der Waals surface area contributed by atoms with Crippen molar-refractivity contribution in [3.63, 3.8) is 0 Å². The number of benzene rings is 3. The summed E-state index contributed by atoms with van der Waals surface area (Å²) < 4.78 is 13.1. The minimum absolute atomic E-state index is 0.0172. The molecule has 0 radical (unpaired) electrons. The maximum absolute atomic E-state index is 12.6. The molecule has 3 aromatic carbocycles. The highest BCUT2D eigenvalue weighted by molar-refractivity contribution is 14.1. The van der Waals surface area contributed by atoms with Gasteiger partial charge in [0.2, 0.25) is 0 Å². The number of halogens is 1. The van der Waals surface area contributed by atoms with E-state index in [-0.39, 0.29) is 18.0 Å². The molecule has 4 rings (SSSR count). The van der Waals surface area contributed by atoms with Gasteiger partial charge in [0.25, 0.3) is 17.3 Å². The normalized spacial score (nSPS) is 11.0. The second kappa shape index (κ2) is 12.0. The van der Waals surface area contributed by atoms with E-state index in [9.17, 15) is 25.0 Å². The summed E-state index contributed by atoms with van der Waals surface area (Å²) >= 11 is 3.30. The van der Waals surface area contributed by atoms with Gasteiger partial charge in [0.05, 0.1) is 31.1 Å². The van der Waals surface area contributed by atoms with Crippen LogP contribution >= 0.6 is 33.9 Å². The number of carbonyl (C=O) groups is 1. The molecule has 11 nitrogen and oxygen atoms in total. The van der Waals surface area contributed by atoms with Gasteiger partial charge in [0.1, 0.15) is 6.61 Å². The number of thiophene rings is 1. The molecule has 0 saturated carbocycles. The zero-order valence-electron chi connectivity index (χ0n) is 19.8. The van der Waals surface area contributed by atoms with Crippen molar-refractivity contribution in [3.8, 4) is 11.5 Å². The van der Waals surface area contributed by atoms with Crippen LogP contribution in [0, 0.1) is 23.8 Å². The van der Waals surface area contributed by atoms with Gasteiger partial charge in [0.15, 0.2) is 11.5 Å². The summed E-state index contributed by atoms with van der Waals surface area (Å²) in [7, 11) is 0. The van der Waals surface area contributed by atoms with Crippen LogP contribution in [0.1, 0.15) is 27.7 Å². The number of fused-ring (bicyclic) bond motifs is 1. The van der Waals surface area contributed by atoms with Crippen LogP contribution in [-0.2, 0) is 6.61 Å². The van der Waals surface area contributed by atoms with Crippen molar-refractivity contribution in [1.29, 1.82) is 0 Å². The molecule has 0 bridgehead atoms. The second-order valence-corrected chi connectivity index (χ2v) is 10.0. The molecule has 0 fully saturated rings. The molecule has 0 spiro atoms. The van der Waals surface area contributed by atoms with Gasteiger partial charge in [-0.25, -0.2) is 5.43 Å². The zero-order valence-corrected chi connectivity index (χ0v) is 22.7. The van der Waals surface area contributed by atoms with Gasteiger partial charge in [-0.2, -0.15) is 5.10 Å². The number of nitrogens with one attached hydrogen (secondary N) is 1. The van der Waals surface area contributed by atoms with Crippen LogP contribution in [0.25, 0.3) is 10.1 Å². The van der Waals surface area contributed by atoms with E-state index in [4.69, 9.17) is 9.47 Å². The third-order valence-electron chi connectivity index (χ3n) is 5.15. The first-order valence-electron chi connectivity index (χ1n) is 11.1. The average molecular weight is 646 g/mol. The third kappa shape index (κ3) is 6.41. The highest BCUT2D eigenvalue weighted by Gasteiger charge is 2.15. The molecule has 1 heterocycles. The van der Waals surface area contributed by atoms with Crippen molar-refractivity contribution in [3.05, 3.63) is 100 Å². The molecule has 0 aliphatic rings. The highest BCUT2D eigenvalue weighted by Crippen LogP contribution is 2.35. The average Bonchev–Trinajstić information content (AvgIpc) is 3.32. The summed E-state index contributed by atoms with van der Waals surface area (Å²) in [5, 5.41) is 26.6. The monoisotopic (exact) mass is 646 g/mol. The first kappa shape index (κ1) is 26.9. The number of amides is 1. The largest absolute Gasteiger partial charge is 0.490 e. The lowest BCUT2D eigenvalue weighted by molar-refractivity contribution is -0.385. The molecule has 0 atom stereocenters. The Hall–Kier alpha value is -4.11. The predicted octanol–water partition coefficient (Wildman–Crippen LogP) is 6.06. The van der Waals surface area contributed by atoms with Crippen LogP contribution in [0.3, 0.4) is 0 Å². The standard InChI is InChI=1S/C25H19IN4O7S/c1-2-36-21-10-16(9-20(26)24(21)37-14-15-4-3-5-18(8-15)29(32)33)13-27-28-25(31)23-12-17-11-19(30(34)35)6-7-22(17)38-23/h3-13H,2,14H2,1H3,(H,28,31)/b27-13-. The van der Waals surface area contributed by atoms with E-state index in [1.807, 2.05) is 6.92 Å². The Kier molecular flexibility index (Phi) is 8.48. The van der Waals surface area contributed by atoms with Crippen LogP contribution in [0.4, 0.5) is 11.4 Å². The van der Waals surface area contributed by atoms with Gasteiger partial charge in [-0.1, -0.05) is 12.1 Å². The molecule has 0 aliphatic heterocycles. The molecule has 0 aliphatic carbocycles. The Morgan fingerprint density at radius 2 is 1.82 bits per heavy atom. The topological polar surface area (TPSA) is 146 Å². The fraction of sp³-hybridized carbons (Fsp3) is 0.120. The fourth-order valence-electron chi connectivity index (χ4n) is 3.46. The summed E-state index contributed by atoms with van der Waals surface area (Å²) in [5.41, 5.74) is 3.70. The number of ether oxygens (including phenoxy) is 2. The molecule has 1 N–H and O–H groups in total. The van der Waals surface area contributed by atoms with Crippen molar-refractivity contribution in [1.82, 2.24) is 5.43 Å². The Morgan fingerprint density at radius 3 is 2.55 bits per heavy atom. The number of nitrogens with zero attached hydrogens (tertiary/aromatic N) is 3. The quantitative estimate of drug-likeness (QED) is 0.0953. The van der Waals surface area contributed by atoms with Crippen LogP contribution in [-0.4, -0.2) is 28.6 Å². The Morgan fingerprint density at radius 1 is 1.05 bits per heavy atom. The van der Waals surface area contributed by atoms with Crippen LogP contribution in [0.2, 0.25) is 0 Å². The second-order valence-electron chi connectivity index (χ2n) is 7.77. The lowest BCUT2D eigenvalue weighted by Crippen LogP contribution is -2.16. The number of nitro groups is 2. The Labute approximate surface area is 233 Å². The summed E-state index contributed by atoms with van der Waals surface area (Å²) in [4.78, 5) is 34.0. The van der Waals surface area contributed by atoms with Gasteiger partial charge in [-0.15, -0.1) is 11.3 Å². The fourth-order valence-corrected chi connectivity index (χ4v) is 5.17. The Bertz CT molecular complexity index is 1570. The molecule has 194 valence electrons. The maximum atomic E-state index is 12.6. The number of carbonyl (C=O) groups excluding carboxylic acids is 1. The summed E-state index contributed by atoms with van der Waals surface area (Å²) in [6.07, 6.45) is 1.46. The third-order valence-corrected chi connectivity index (χ3v) is 7.07. The maximum Gasteiger partial charge on any atom is 0.281 e. The first-order valence-corrected chi connectivity index (χ1v) is 13.0. The van der Waals surface area contributed by atoms with Crippen LogP contribution in [0.5, 0.6) is 11.5 Å². The summed E-state index contributed by atoms with van der Waals surface area (Å²) in [6, 6.07) is 15.7. The summed E-state index contributed by atoms with van der Waals surface area (Å²) in [5.74, 6) is 0.505. The van der Waals surface area contributed by atoms with E-state index < -0.39 is 15.8 Å². The predicted molar refractivity (Wildman–Crippen MR) is 151 cm³/mol. The molecule has 0 saturated heterocycles. The van der Waals surface area contributed by atoms with E-state index >= 15 is 0 Å². The minimum atomic E-state index is -0.483. The van der Waals surface area contributed by atoms with E-state index in [1.165, 1.54) is 41.8 Å². The van der Waals surface area contributed by atoms with Gasteiger partial charge < -0.3 is 9.47 Å². The molecular formula is C25H19IN4O7S. The van der Waals surface area contributed by atoms with E-state index in [2.05, 4.69) is 33.1 Å². The molecule has 1 aromatic heterocycles. The van der Waals surface area contributed by atoms with E-state index in [0.717, 1.165) is 8.27 Å².